The van der Waals surface area contributed by atoms with Gasteiger partial charge in [0.1, 0.15) is 13.2 Å². The summed E-state index contributed by atoms with van der Waals surface area (Å²) >= 11 is 0. The Morgan fingerprint density at radius 1 is 0.381 bits per heavy atom. The van der Waals surface area contributed by atoms with Crippen molar-refractivity contribution in [3.05, 3.63) is 72.9 Å². The van der Waals surface area contributed by atoms with E-state index in [0.29, 0.717) is 19.3 Å². The first-order chi connectivity index (χ1) is 40.8. The molecule has 464 valence electrons. The molecule has 15 nitrogen and oxygen atoms in total. The molecule has 0 aromatic heterocycles. The summed E-state index contributed by atoms with van der Waals surface area (Å²) in [6.45, 7) is 5.91. The van der Waals surface area contributed by atoms with Crippen LogP contribution in [0.2, 0.25) is 0 Å². The summed E-state index contributed by atoms with van der Waals surface area (Å²) < 4.78 is 32.1. The van der Waals surface area contributed by atoms with Gasteiger partial charge < -0.3 is 28.4 Å². The minimum absolute atomic E-state index is 0.0417. The number of allylic oxidation sites excluding steroid dienone is 12. The molecule has 0 saturated carbocycles. The molecule has 0 spiro atoms. The number of carbonyl (C=O) groups is 9. The number of hydrogen-bond acceptors (Lipinski definition) is 15. The molecular weight excluding hydrogens is 1070 g/mol. The Hall–Kier alpha value is -5.73. The topological polar surface area (TPSA) is 209 Å². The molecule has 6 aliphatic rings. The maximum Gasteiger partial charge on any atom is 0.318 e. The summed E-state index contributed by atoms with van der Waals surface area (Å²) in [5.74, 6) is -6.54. The first kappa shape index (κ1) is 67.4. The van der Waals surface area contributed by atoms with E-state index >= 15 is 0 Å². The lowest BCUT2D eigenvalue weighted by atomic mass is 9.70. The zero-order chi connectivity index (χ0) is 60.1. The average Bonchev–Trinajstić information content (AvgIpc) is 4.14. The van der Waals surface area contributed by atoms with E-state index in [0.717, 1.165) is 154 Å². The van der Waals surface area contributed by atoms with Gasteiger partial charge >= 0.3 is 53.7 Å². The molecule has 3 fully saturated rings. The van der Waals surface area contributed by atoms with Gasteiger partial charge in [-0.3, -0.25) is 43.2 Å². The van der Waals surface area contributed by atoms with Crippen LogP contribution in [0.15, 0.2) is 72.9 Å². The molecule has 12 unspecified atom stereocenters. The minimum atomic E-state index is -0.937. The summed E-state index contributed by atoms with van der Waals surface area (Å²) in [6.07, 6.45) is 48.7. The lowest BCUT2D eigenvalue weighted by Gasteiger charge is -2.29. The summed E-state index contributed by atoms with van der Waals surface area (Å²) in [7, 11) is 0. The standard InChI is InChI=1S/C69H98O15/c1-4-7-31-48-40-43-51(61-58(48)64(73)82-67(61)76)34-25-19-13-10-16-22-28-37-55(70)79-46-54(81-57(72)39-30-24-18-12-15-21-27-36-53-45-42-50(33-9-6-3)60-63(53)69(78)84-66(60)75)47-80-56(71)38-29-23-17-11-14-20-26-35-52-44-41-49(32-8-5-2)59-62(52)68(77)83-65(59)74/h25-27,34-36,40-45,48-54,58-63H,4-24,28-33,37-39,46-47H2,1-3H3/b34-25+,35-26+,36-27+. The quantitative estimate of drug-likeness (QED) is 0.0183. The maximum atomic E-state index is 13.1. The average molecular weight is 1170 g/mol. The van der Waals surface area contributed by atoms with Crippen molar-refractivity contribution >= 4 is 53.7 Å². The Morgan fingerprint density at radius 2 is 0.667 bits per heavy atom. The van der Waals surface area contributed by atoms with Gasteiger partial charge in [0.2, 0.25) is 0 Å². The molecule has 3 saturated heterocycles. The third kappa shape index (κ3) is 21.1. The molecule has 15 heteroatoms. The van der Waals surface area contributed by atoms with Gasteiger partial charge in [0.15, 0.2) is 6.10 Å². The van der Waals surface area contributed by atoms with Crippen LogP contribution in [0.1, 0.15) is 213 Å². The first-order valence-corrected chi connectivity index (χ1v) is 32.7. The number of rotatable bonds is 41. The summed E-state index contributed by atoms with van der Waals surface area (Å²) in [5, 5.41) is 0. The van der Waals surface area contributed by atoms with E-state index in [9.17, 15) is 43.2 Å². The van der Waals surface area contributed by atoms with Gasteiger partial charge in [-0.05, 0) is 94.8 Å². The van der Waals surface area contributed by atoms with E-state index in [-0.39, 0.29) is 68.0 Å². The molecule has 3 heterocycles. The van der Waals surface area contributed by atoms with Crippen molar-refractivity contribution in [1.82, 2.24) is 0 Å². The Kier molecular flexibility index (Phi) is 29.7. The predicted octanol–water partition coefficient (Wildman–Crippen LogP) is 13.8. The predicted molar refractivity (Wildman–Crippen MR) is 317 cm³/mol. The SMILES string of the molecule is CCCCC1C=CC(/C=C/CCCCCCCC(=O)OCC(COC(=O)CCCCCCC/C=C/C2C=CC(CCCC)C3C(=O)OC(=O)C23)OC(=O)CCCCCCC/C=C/C2C=CC(CCCC)C3C(=O)OC(=O)C23)C2C(=O)OC(=O)C12. The molecule has 0 N–H and O–H groups in total. The van der Waals surface area contributed by atoms with Crippen LogP contribution in [0.4, 0.5) is 0 Å². The van der Waals surface area contributed by atoms with Gasteiger partial charge in [0.05, 0.1) is 35.5 Å². The molecule has 0 aromatic carbocycles. The van der Waals surface area contributed by atoms with Crippen molar-refractivity contribution in [2.45, 2.75) is 219 Å². The fourth-order valence-electron chi connectivity index (χ4n) is 13.2. The second kappa shape index (κ2) is 37.0. The van der Waals surface area contributed by atoms with Gasteiger partial charge in [-0.15, -0.1) is 0 Å². The molecule has 0 amide bonds. The second-order valence-corrected chi connectivity index (χ2v) is 24.4. The van der Waals surface area contributed by atoms with E-state index in [4.69, 9.17) is 28.4 Å². The lowest BCUT2D eigenvalue weighted by Crippen LogP contribution is -2.33. The Bertz CT molecular complexity index is 2250. The van der Waals surface area contributed by atoms with Crippen LogP contribution in [0.3, 0.4) is 0 Å². The number of hydrogen-bond donors (Lipinski definition) is 0. The van der Waals surface area contributed by atoms with Crippen LogP contribution in [-0.4, -0.2) is 73.0 Å². The van der Waals surface area contributed by atoms with E-state index < -0.39 is 95.3 Å². The maximum absolute atomic E-state index is 13.1. The lowest BCUT2D eigenvalue weighted by molar-refractivity contribution is -0.167. The number of unbranched alkanes of at least 4 members (excludes halogenated alkanes) is 18. The molecule has 6 rings (SSSR count). The van der Waals surface area contributed by atoms with Crippen LogP contribution in [0.25, 0.3) is 0 Å². The van der Waals surface area contributed by atoms with Gasteiger partial charge in [0, 0.05) is 37.0 Å². The van der Waals surface area contributed by atoms with E-state index in [1.807, 2.05) is 18.2 Å². The molecule has 3 aliphatic heterocycles. The number of fused-ring (bicyclic) bond motifs is 3. The molecular formula is C69H98O15. The van der Waals surface area contributed by atoms with Crippen molar-refractivity contribution in [2.24, 2.45) is 71.0 Å². The van der Waals surface area contributed by atoms with Gasteiger partial charge in [-0.25, -0.2) is 0 Å². The third-order valence-electron chi connectivity index (χ3n) is 17.9. The van der Waals surface area contributed by atoms with Crippen molar-refractivity contribution < 1.29 is 71.6 Å². The Morgan fingerprint density at radius 3 is 0.988 bits per heavy atom. The largest absolute Gasteiger partial charge is 0.462 e. The summed E-state index contributed by atoms with van der Waals surface area (Å²) in [6, 6.07) is 0. The highest BCUT2D eigenvalue weighted by Gasteiger charge is 2.54. The van der Waals surface area contributed by atoms with E-state index in [2.05, 4.69) is 75.5 Å². The highest BCUT2D eigenvalue weighted by atomic mass is 16.6. The van der Waals surface area contributed by atoms with Crippen LogP contribution < -0.4 is 0 Å². The number of cyclic esters (lactones) is 6. The van der Waals surface area contributed by atoms with Crippen molar-refractivity contribution in [1.29, 1.82) is 0 Å². The zero-order valence-electron chi connectivity index (χ0n) is 50.7. The smallest absolute Gasteiger partial charge is 0.318 e. The summed E-state index contributed by atoms with van der Waals surface area (Å²) in [5.41, 5.74) is 0. The molecule has 3 aliphatic carbocycles. The van der Waals surface area contributed by atoms with Crippen molar-refractivity contribution in [3.63, 3.8) is 0 Å². The number of ether oxygens (including phenoxy) is 6. The highest BCUT2D eigenvalue weighted by molar-refractivity contribution is 5.99. The second-order valence-electron chi connectivity index (χ2n) is 24.4. The third-order valence-corrected chi connectivity index (χ3v) is 17.9. The normalized spacial score (nSPS) is 27.3. The monoisotopic (exact) mass is 1170 g/mol. The molecule has 0 aromatic rings. The van der Waals surface area contributed by atoms with Crippen LogP contribution >= 0.6 is 0 Å². The van der Waals surface area contributed by atoms with E-state index in [1.54, 1.807) is 0 Å². The fourth-order valence-corrected chi connectivity index (χ4v) is 13.2. The van der Waals surface area contributed by atoms with Gasteiger partial charge in [-0.2, -0.15) is 0 Å². The summed E-state index contributed by atoms with van der Waals surface area (Å²) in [4.78, 5) is 114. The minimum Gasteiger partial charge on any atom is -0.462 e. The number of esters is 9. The van der Waals surface area contributed by atoms with Crippen LogP contribution in [0.5, 0.6) is 0 Å². The van der Waals surface area contributed by atoms with Crippen molar-refractivity contribution in [2.75, 3.05) is 13.2 Å². The molecule has 0 radical (unpaired) electrons. The van der Waals surface area contributed by atoms with Crippen LogP contribution in [0, 0.1) is 71.0 Å². The zero-order valence-corrected chi connectivity index (χ0v) is 50.7. The Labute approximate surface area is 500 Å². The molecule has 84 heavy (non-hydrogen) atoms. The fraction of sp³-hybridized carbons (Fsp3) is 0.696. The first-order valence-electron chi connectivity index (χ1n) is 32.7. The number of carbonyl (C=O) groups excluding carboxylic acids is 9. The Balaban J connectivity index is 0.857. The van der Waals surface area contributed by atoms with Gasteiger partial charge in [0.25, 0.3) is 0 Å². The highest BCUT2D eigenvalue weighted by Crippen LogP contribution is 2.45. The van der Waals surface area contributed by atoms with E-state index in [1.165, 1.54) is 0 Å². The van der Waals surface area contributed by atoms with Crippen molar-refractivity contribution in [3.8, 4) is 0 Å². The molecule has 12 atom stereocenters. The van der Waals surface area contributed by atoms with Gasteiger partial charge in [-0.1, -0.05) is 190 Å². The van der Waals surface area contributed by atoms with Crippen LogP contribution in [-0.2, 0) is 71.6 Å². The molecule has 0 bridgehead atoms.